The maximum Gasteiger partial charge on any atom is -0.0533 e. The molecule has 0 heteroatoms. The molecule has 0 fully saturated rings. The molecular formula is C13H32. The summed E-state index contributed by atoms with van der Waals surface area (Å²) in [5, 5.41) is 0. The van der Waals surface area contributed by atoms with Gasteiger partial charge in [-0.05, 0) is 0 Å². The summed E-state index contributed by atoms with van der Waals surface area (Å²) in [5.74, 6) is 0. The van der Waals surface area contributed by atoms with E-state index < -0.39 is 0 Å². The minimum Gasteiger partial charge on any atom is -0.0776 e. The Morgan fingerprint density at radius 3 is 0.923 bits per heavy atom. The highest BCUT2D eigenvalue weighted by atomic mass is 13.9. The Balaban J connectivity index is -0.000000500. The highest BCUT2D eigenvalue weighted by Crippen LogP contribution is 2.08. The summed E-state index contributed by atoms with van der Waals surface area (Å²) >= 11 is 0. The van der Waals surface area contributed by atoms with Crippen LogP contribution in [0.4, 0.5) is 0 Å². The van der Waals surface area contributed by atoms with Crippen LogP contribution in [0.15, 0.2) is 0 Å². The fourth-order valence-corrected chi connectivity index (χ4v) is 1.38. The van der Waals surface area contributed by atoms with Crippen LogP contribution in [0.3, 0.4) is 0 Å². The molecule has 0 heterocycles. The minimum absolute atomic E-state index is 0. The molecule has 0 spiro atoms. The van der Waals surface area contributed by atoms with Gasteiger partial charge in [-0.25, -0.2) is 0 Å². The lowest BCUT2D eigenvalue weighted by Crippen LogP contribution is -1.79. The van der Waals surface area contributed by atoms with Crippen molar-refractivity contribution in [2.75, 3.05) is 0 Å². The molecule has 0 radical (unpaired) electrons. The van der Waals surface area contributed by atoms with Crippen LogP contribution in [0, 0.1) is 0 Å². The van der Waals surface area contributed by atoms with Gasteiger partial charge in [0.05, 0.1) is 0 Å². The lowest BCUT2D eigenvalue weighted by molar-refractivity contribution is 0.572. The number of hydrogen-bond donors (Lipinski definition) is 0. The molecular weight excluding hydrogens is 156 g/mol. The molecule has 0 bridgehead atoms. The molecule has 0 rings (SSSR count). The summed E-state index contributed by atoms with van der Waals surface area (Å²) in [7, 11) is 0. The van der Waals surface area contributed by atoms with Gasteiger partial charge >= 0.3 is 0 Å². The summed E-state index contributed by atoms with van der Waals surface area (Å²) in [5.41, 5.74) is 0. The van der Waals surface area contributed by atoms with Gasteiger partial charge in [-0.1, -0.05) is 86.5 Å². The van der Waals surface area contributed by atoms with E-state index in [1.165, 1.54) is 57.8 Å². The molecule has 0 aromatic rings. The van der Waals surface area contributed by atoms with Gasteiger partial charge in [-0.3, -0.25) is 0 Å². The predicted molar refractivity (Wildman–Crippen MR) is 66.4 cm³/mol. The Labute approximate surface area is 87.1 Å². The largest absolute Gasteiger partial charge is 0.0776 e. The molecule has 0 aliphatic rings. The van der Waals surface area contributed by atoms with Gasteiger partial charge in [0, 0.05) is 0 Å². The van der Waals surface area contributed by atoms with E-state index in [-0.39, 0.29) is 14.9 Å². The number of rotatable bonds is 8. The van der Waals surface area contributed by atoms with Gasteiger partial charge in [0.1, 0.15) is 0 Å². The van der Waals surface area contributed by atoms with Crippen molar-refractivity contribution in [2.45, 2.75) is 86.5 Å². The van der Waals surface area contributed by atoms with Gasteiger partial charge < -0.3 is 0 Å². The Hall–Kier alpha value is 0. The Morgan fingerprint density at radius 2 is 0.692 bits per heavy atom. The first kappa shape index (κ1) is 18.7. The van der Waals surface area contributed by atoms with Crippen LogP contribution >= 0.6 is 0 Å². The maximum atomic E-state index is 2.27. The van der Waals surface area contributed by atoms with Gasteiger partial charge in [0.25, 0.3) is 0 Å². The highest BCUT2D eigenvalue weighted by Gasteiger charge is 1.88. The van der Waals surface area contributed by atoms with Gasteiger partial charge in [-0.2, -0.15) is 0 Å². The van der Waals surface area contributed by atoms with E-state index in [1.54, 1.807) is 0 Å². The molecule has 13 heavy (non-hydrogen) atoms. The SMILES string of the molecule is C.C.CCCCCCCCCCC. The van der Waals surface area contributed by atoms with Crippen molar-refractivity contribution in [1.82, 2.24) is 0 Å². The lowest BCUT2D eigenvalue weighted by atomic mass is 10.1. The van der Waals surface area contributed by atoms with Crippen LogP contribution in [-0.4, -0.2) is 0 Å². The Bertz CT molecular complexity index is 49.1. The average Bonchev–Trinajstić information content (AvgIpc) is 2.03. The summed E-state index contributed by atoms with van der Waals surface area (Å²) in [6, 6.07) is 0. The first-order valence-electron chi connectivity index (χ1n) is 5.41. The highest BCUT2D eigenvalue weighted by molar-refractivity contribution is 4.44. The third kappa shape index (κ3) is 18.8. The molecule has 0 saturated heterocycles. The third-order valence-electron chi connectivity index (χ3n) is 2.21. The third-order valence-corrected chi connectivity index (χ3v) is 2.21. The van der Waals surface area contributed by atoms with Crippen LogP contribution in [0.2, 0.25) is 0 Å². The fraction of sp³-hybridized carbons (Fsp3) is 1.00. The standard InChI is InChI=1S/C11H24.2CH4/c1-3-5-7-9-11-10-8-6-4-2;;/h3-11H2,1-2H3;2*1H4. The predicted octanol–water partition coefficient (Wildman–Crippen LogP) is 5.81. The summed E-state index contributed by atoms with van der Waals surface area (Å²) in [4.78, 5) is 0. The quantitative estimate of drug-likeness (QED) is 0.422. The van der Waals surface area contributed by atoms with Crippen LogP contribution in [0.5, 0.6) is 0 Å². The molecule has 0 saturated carbocycles. The van der Waals surface area contributed by atoms with Crippen molar-refractivity contribution in [3.05, 3.63) is 0 Å². The van der Waals surface area contributed by atoms with E-state index in [0.29, 0.717) is 0 Å². The zero-order valence-electron chi connectivity index (χ0n) is 8.36. The molecule has 0 aromatic carbocycles. The second-order valence-electron chi connectivity index (χ2n) is 3.47. The van der Waals surface area contributed by atoms with Gasteiger partial charge in [0.2, 0.25) is 0 Å². The van der Waals surface area contributed by atoms with E-state index in [4.69, 9.17) is 0 Å². The monoisotopic (exact) mass is 188 g/mol. The van der Waals surface area contributed by atoms with Crippen LogP contribution in [0.1, 0.15) is 86.5 Å². The summed E-state index contributed by atoms with van der Waals surface area (Å²) < 4.78 is 0. The van der Waals surface area contributed by atoms with E-state index in [0.717, 1.165) is 0 Å². The zero-order valence-corrected chi connectivity index (χ0v) is 8.36. The molecule has 0 N–H and O–H groups in total. The molecule has 0 atom stereocenters. The first-order valence-corrected chi connectivity index (χ1v) is 5.41. The maximum absolute atomic E-state index is 2.27. The minimum atomic E-state index is 0. The smallest absolute Gasteiger partial charge is 0.0533 e. The van der Waals surface area contributed by atoms with E-state index in [9.17, 15) is 0 Å². The molecule has 0 aliphatic heterocycles. The van der Waals surface area contributed by atoms with E-state index in [2.05, 4.69) is 13.8 Å². The van der Waals surface area contributed by atoms with E-state index >= 15 is 0 Å². The van der Waals surface area contributed by atoms with Crippen molar-refractivity contribution in [3.8, 4) is 0 Å². The van der Waals surface area contributed by atoms with Crippen LogP contribution in [-0.2, 0) is 0 Å². The van der Waals surface area contributed by atoms with Crippen molar-refractivity contribution >= 4 is 0 Å². The van der Waals surface area contributed by atoms with Crippen molar-refractivity contribution < 1.29 is 0 Å². The second kappa shape index (κ2) is 17.9. The van der Waals surface area contributed by atoms with Crippen molar-refractivity contribution in [2.24, 2.45) is 0 Å². The molecule has 0 nitrogen and oxygen atoms in total. The van der Waals surface area contributed by atoms with Crippen molar-refractivity contribution in [3.63, 3.8) is 0 Å². The molecule has 0 unspecified atom stereocenters. The topological polar surface area (TPSA) is 0 Å². The van der Waals surface area contributed by atoms with Crippen LogP contribution < -0.4 is 0 Å². The van der Waals surface area contributed by atoms with Crippen LogP contribution in [0.25, 0.3) is 0 Å². The lowest BCUT2D eigenvalue weighted by Gasteiger charge is -1.98. The number of unbranched alkanes of at least 4 members (excludes halogenated alkanes) is 8. The summed E-state index contributed by atoms with van der Waals surface area (Å²) in [6.45, 7) is 4.55. The number of hydrogen-bond acceptors (Lipinski definition) is 0. The molecule has 0 aliphatic carbocycles. The molecule has 0 amide bonds. The molecule has 0 aromatic heterocycles. The van der Waals surface area contributed by atoms with E-state index in [1.807, 2.05) is 0 Å². The second-order valence-corrected chi connectivity index (χ2v) is 3.47. The Kier molecular flexibility index (Phi) is 25.8. The fourth-order valence-electron chi connectivity index (χ4n) is 1.38. The average molecular weight is 188 g/mol. The normalized spacial score (nSPS) is 8.77. The van der Waals surface area contributed by atoms with Crippen molar-refractivity contribution in [1.29, 1.82) is 0 Å². The zero-order chi connectivity index (χ0) is 8.36. The van der Waals surface area contributed by atoms with Gasteiger partial charge in [0.15, 0.2) is 0 Å². The first-order chi connectivity index (χ1) is 5.41. The van der Waals surface area contributed by atoms with Gasteiger partial charge in [-0.15, -0.1) is 0 Å². The summed E-state index contributed by atoms with van der Waals surface area (Å²) in [6.07, 6.45) is 13.0. The molecule has 84 valence electrons. The Morgan fingerprint density at radius 1 is 0.462 bits per heavy atom.